The van der Waals surface area contributed by atoms with Crippen LogP contribution < -0.4 is 4.74 Å². The fourth-order valence-electron chi connectivity index (χ4n) is 1.11. The Bertz CT molecular complexity index is 356. The molecule has 0 unspecified atom stereocenters. The molecule has 80 valence electrons. The van der Waals surface area contributed by atoms with Crippen LogP contribution in [0.3, 0.4) is 0 Å². The fraction of sp³-hybridized carbons (Fsp3) is 0.250. The summed E-state index contributed by atoms with van der Waals surface area (Å²) in [6, 6.07) is 7.51. The lowest BCUT2D eigenvalue weighted by Crippen LogP contribution is -1.93. The van der Waals surface area contributed by atoms with Crippen molar-refractivity contribution in [1.82, 2.24) is 0 Å². The number of hydrogen-bond acceptors (Lipinski definition) is 3. The number of carbonyl (C=O) groups excluding carboxylic acids is 1. The van der Waals surface area contributed by atoms with E-state index in [0.717, 1.165) is 11.3 Å². The second-order valence-corrected chi connectivity index (χ2v) is 2.86. The SMILES string of the molecule is CCOc1cccc(/C=C\C(=O)OC)c1. The van der Waals surface area contributed by atoms with Gasteiger partial charge in [0.2, 0.25) is 0 Å². The van der Waals surface area contributed by atoms with Crippen LogP contribution in [0.25, 0.3) is 6.08 Å². The van der Waals surface area contributed by atoms with E-state index < -0.39 is 0 Å². The van der Waals surface area contributed by atoms with Crippen LogP contribution in [-0.2, 0) is 9.53 Å². The van der Waals surface area contributed by atoms with Gasteiger partial charge in [0.25, 0.3) is 0 Å². The minimum atomic E-state index is -0.364. The normalized spacial score (nSPS) is 10.3. The lowest BCUT2D eigenvalue weighted by atomic mass is 10.2. The van der Waals surface area contributed by atoms with Gasteiger partial charge in [-0.05, 0) is 30.7 Å². The fourth-order valence-corrected chi connectivity index (χ4v) is 1.11. The molecule has 1 aromatic carbocycles. The third-order valence-corrected chi connectivity index (χ3v) is 1.78. The molecule has 0 bridgehead atoms. The van der Waals surface area contributed by atoms with E-state index in [-0.39, 0.29) is 5.97 Å². The summed E-state index contributed by atoms with van der Waals surface area (Å²) >= 11 is 0. The average Bonchev–Trinajstić information content (AvgIpc) is 2.27. The van der Waals surface area contributed by atoms with E-state index in [9.17, 15) is 4.79 Å². The largest absolute Gasteiger partial charge is 0.494 e. The van der Waals surface area contributed by atoms with Gasteiger partial charge in [-0.15, -0.1) is 0 Å². The summed E-state index contributed by atoms with van der Waals surface area (Å²) in [4.78, 5) is 10.9. The summed E-state index contributed by atoms with van der Waals surface area (Å²) in [6.45, 7) is 2.56. The molecule has 3 heteroatoms. The molecule has 0 fully saturated rings. The van der Waals surface area contributed by atoms with Gasteiger partial charge in [0.15, 0.2) is 0 Å². The van der Waals surface area contributed by atoms with E-state index in [4.69, 9.17) is 4.74 Å². The second kappa shape index (κ2) is 5.86. The number of ether oxygens (including phenoxy) is 2. The topological polar surface area (TPSA) is 35.5 Å². The zero-order valence-electron chi connectivity index (χ0n) is 8.90. The Labute approximate surface area is 89.3 Å². The molecule has 0 aliphatic heterocycles. The smallest absolute Gasteiger partial charge is 0.330 e. The molecule has 1 aromatic rings. The minimum Gasteiger partial charge on any atom is -0.494 e. The van der Waals surface area contributed by atoms with Crippen molar-refractivity contribution in [3.8, 4) is 5.75 Å². The molecule has 0 aromatic heterocycles. The molecule has 0 saturated carbocycles. The molecule has 0 atom stereocenters. The first-order valence-electron chi connectivity index (χ1n) is 4.75. The van der Waals surface area contributed by atoms with Crippen LogP contribution in [0, 0.1) is 0 Å². The van der Waals surface area contributed by atoms with Crippen molar-refractivity contribution < 1.29 is 14.3 Å². The standard InChI is InChI=1S/C12H14O3/c1-3-15-11-6-4-5-10(9-11)7-8-12(13)14-2/h4-9H,3H2,1-2H3/b8-7-. The number of benzene rings is 1. The highest BCUT2D eigenvalue weighted by atomic mass is 16.5. The molecule has 0 aliphatic carbocycles. The minimum absolute atomic E-state index is 0.364. The van der Waals surface area contributed by atoms with Crippen molar-refractivity contribution in [2.24, 2.45) is 0 Å². The van der Waals surface area contributed by atoms with Crippen LogP contribution >= 0.6 is 0 Å². The zero-order chi connectivity index (χ0) is 11.1. The average molecular weight is 206 g/mol. The van der Waals surface area contributed by atoms with Crippen LogP contribution in [0.2, 0.25) is 0 Å². The molecule has 15 heavy (non-hydrogen) atoms. The molecular weight excluding hydrogens is 192 g/mol. The molecule has 0 N–H and O–H groups in total. The van der Waals surface area contributed by atoms with Gasteiger partial charge in [0, 0.05) is 6.08 Å². The van der Waals surface area contributed by atoms with Crippen molar-refractivity contribution in [2.75, 3.05) is 13.7 Å². The molecule has 0 radical (unpaired) electrons. The quantitative estimate of drug-likeness (QED) is 0.560. The van der Waals surface area contributed by atoms with E-state index in [1.165, 1.54) is 13.2 Å². The maximum absolute atomic E-state index is 10.9. The van der Waals surface area contributed by atoms with Gasteiger partial charge < -0.3 is 9.47 Å². The van der Waals surface area contributed by atoms with Crippen molar-refractivity contribution in [2.45, 2.75) is 6.92 Å². The Morgan fingerprint density at radius 2 is 2.27 bits per heavy atom. The zero-order valence-corrected chi connectivity index (χ0v) is 8.90. The molecule has 1 rings (SSSR count). The molecule has 0 aliphatic rings. The van der Waals surface area contributed by atoms with Crippen molar-refractivity contribution in [1.29, 1.82) is 0 Å². The first kappa shape index (κ1) is 11.3. The molecule has 0 heterocycles. The predicted octanol–water partition coefficient (Wildman–Crippen LogP) is 2.27. The number of esters is 1. The second-order valence-electron chi connectivity index (χ2n) is 2.86. The van der Waals surface area contributed by atoms with E-state index in [1.807, 2.05) is 31.2 Å². The third kappa shape index (κ3) is 3.85. The van der Waals surface area contributed by atoms with Gasteiger partial charge in [0.1, 0.15) is 5.75 Å². The van der Waals surface area contributed by atoms with Crippen molar-refractivity contribution >= 4 is 12.0 Å². The van der Waals surface area contributed by atoms with Crippen LogP contribution in [0.1, 0.15) is 12.5 Å². The van der Waals surface area contributed by atoms with Gasteiger partial charge in [-0.2, -0.15) is 0 Å². The van der Waals surface area contributed by atoms with Crippen molar-refractivity contribution in [3.05, 3.63) is 35.9 Å². The monoisotopic (exact) mass is 206 g/mol. The molecular formula is C12H14O3. The Kier molecular flexibility index (Phi) is 4.41. The molecule has 3 nitrogen and oxygen atoms in total. The van der Waals surface area contributed by atoms with Crippen LogP contribution in [0.5, 0.6) is 5.75 Å². The lowest BCUT2D eigenvalue weighted by Gasteiger charge is -2.02. The maximum Gasteiger partial charge on any atom is 0.330 e. The van der Waals surface area contributed by atoms with Crippen LogP contribution in [0.15, 0.2) is 30.3 Å². The first-order valence-corrected chi connectivity index (χ1v) is 4.75. The number of hydrogen-bond donors (Lipinski definition) is 0. The van der Waals surface area contributed by atoms with E-state index in [1.54, 1.807) is 6.08 Å². The third-order valence-electron chi connectivity index (χ3n) is 1.78. The van der Waals surface area contributed by atoms with Gasteiger partial charge in [-0.3, -0.25) is 0 Å². The highest BCUT2D eigenvalue weighted by Gasteiger charge is 1.94. The summed E-state index contributed by atoms with van der Waals surface area (Å²) in [6.07, 6.45) is 3.07. The van der Waals surface area contributed by atoms with E-state index in [0.29, 0.717) is 6.61 Å². The van der Waals surface area contributed by atoms with Gasteiger partial charge in [-0.1, -0.05) is 12.1 Å². The Morgan fingerprint density at radius 3 is 2.93 bits per heavy atom. The van der Waals surface area contributed by atoms with Crippen LogP contribution in [-0.4, -0.2) is 19.7 Å². The van der Waals surface area contributed by atoms with Crippen molar-refractivity contribution in [3.63, 3.8) is 0 Å². The van der Waals surface area contributed by atoms with Gasteiger partial charge in [0.05, 0.1) is 13.7 Å². The first-order chi connectivity index (χ1) is 7.26. The highest BCUT2D eigenvalue weighted by molar-refractivity contribution is 5.86. The predicted molar refractivity (Wildman–Crippen MR) is 58.7 cm³/mol. The number of methoxy groups -OCH3 is 1. The highest BCUT2D eigenvalue weighted by Crippen LogP contribution is 2.14. The van der Waals surface area contributed by atoms with Crippen LogP contribution in [0.4, 0.5) is 0 Å². The summed E-state index contributed by atoms with van der Waals surface area (Å²) in [7, 11) is 1.35. The Hall–Kier alpha value is -1.77. The summed E-state index contributed by atoms with van der Waals surface area (Å²) in [5.41, 5.74) is 0.909. The number of rotatable bonds is 4. The van der Waals surface area contributed by atoms with Gasteiger partial charge >= 0.3 is 5.97 Å². The molecule has 0 saturated heterocycles. The Balaban J connectivity index is 2.73. The van der Waals surface area contributed by atoms with E-state index in [2.05, 4.69) is 4.74 Å². The summed E-state index contributed by atoms with van der Waals surface area (Å²) in [5, 5.41) is 0. The maximum atomic E-state index is 10.9. The van der Waals surface area contributed by atoms with Gasteiger partial charge in [-0.25, -0.2) is 4.79 Å². The van der Waals surface area contributed by atoms with E-state index >= 15 is 0 Å². The summed E-state index contributed by atoms with van der Waals surface area (Å²) in [5.74, 6) is 0.432. The summed E-state index contributed by atoms with van der Waals surface area (Å²) < 4.78 is 9.82. The lowest BCUT2D eigenvalue weighted by molar-refractivity contribution is -0.134. The Morgan fingerprint density at radius 1 is 1.47 bits per heavy atom. The molecule has 0 amide bonds. The number of carbonyl (C=O) groups is 1. The molecule has 0 spiro atoms.